The second kappa shape index (κ2) is 9.96. The summed E-state index contributed by atoms with van der Waals surface area (Å²) in [5.74, 6) is -0.317. The minimum atomic E-state index is -0.893. The van der Waals surface area contributed by atoms with E-state index < -0.39 is 18.0 Å². The van der Waals surface area contributed by atoms with Crippen molar-refractivity contribution in [3.05, 3.63) is 47.3 Å². The summed E-state index contributed by atoms with van der Waals surface area (Å²) in [5.41, 5.74) is 6.22. The van der Waals surface area contributed by atoms with E-state index in [9.17, 15) is 10.1 Å². The number of nitriles is 1. The number of hydrogen-bond acceptors (Lipinski definition) is 7. The zero-order valence-electron chi connectivity index (χ0n) is 17.7. The van der Waals surface area contributed by atoms with Gasteiger partial charge in [-0.25, -0.2) is 4.39 Å². The predicted molar refractivity (Wildman–Crippen MR) is 115 cm³/mol. The van der Waals surface area contributed by atoms with Crippen LogP contribution in [-0.4, -0.2) is 44.9 Å². The van der Waals surface area contributed by atoms with Gasteiger partial charge in [-0.1, -0.05) is 6.07 Å². The molecule has 0 spiro atoms. The fourth-order valence-corrected chi connectivity index (χ4v) is 3.87. The minimum absolute atomic E-state index is 0.0169. The molecule has 2 aliphatic rings. The lowest BCUT2D eigenvalue weighted by Crippen LogP contribution is -2.46. The molecule has 1 fully saturated rings. The van der Waals surface area contributed by atoms with E-state index in [-0.39, 0.29) is 12.3 Å². The molecule has 2 aromatic rings. The summed E-state index contributed by atoms with van der Waals surface area (Å²) < 4.78 is 26.4. The van der Waals surface area contributed by atoms with Crippen molar-refractivity contribution < 1.29 is 23.5 Å². The Labute approximate surface area is 185 Å². The zero-order valence-corrected chi connectivity index (χ0v) is 17.7. The average molecular weight is 440 g/mol. The summed E-state index contributed by atoms with van der Waals surface area (Å²) in [4.78, 5) is 17.4. The van der Waals surface area contributed by atoms with Crippen LogP contribution in [0.2, 0.25) is 0 Å². The summed E-state index contributed by atoms with van der Waals surface area (Å²) in [6, 6.07) is 9.79. The van der Waals surface area contributed by atoms with E-state index in [0.29, 0.717) is 36.6 Å². The second-order valence-electron chi connectivity index (χ2n) is 7.72. The summed E-state index contributed by atoms with van der Waals surface area (Å²) in [5, 5.41) is 15.3. The molecular weight excluding hydrogens is 415 g/mol. The van der Waals surface area contributed by atoms with Gasteiger partial charge in [-0.15, -0.1) is 0 Å². The minimum Gasteiger partial charge on any atom is -0.488 e. The van der Waals surface area contributed by atoms with Gasteiger partial charge < -0.3 is 20.1 Å². The molecule has 0 radical (unpaired) electrons. The van der Waals surface area contributed by atoms with Crippen LogP contribution in [0.3, 0.4) is 0 Å². The SMILES string of the molecule is CONc1ccc2c(c1)-c1cc(F)c(CC(C#N)NC(=O)C3CNCCCO3)cc1OC2. The molecule has 0 aliphatic carbocycles. The molecule has 9 heteroatoms. The maximum atomic E-state index is 15.0. The van der Waals surface area contributed by atoms with Gasteiger partial charge in [0.15, 0.2) is 0 Å². The van der Waals surface area contributed by atoms with E-state index in [2.05, 4.69) is 16.1 Å². The van der Waals surface area contributed by atoms with E-state index in [1.165, 1.54) is 13.2 Å². The molecule has 2 heterocycles. The molecule has 2 aliphatic heterocycles. The normalized spacial score (nSPS) is 18.2. The number of rotatable bonds is 6. The fourth-order valence-electron chi connectivity index (χ4n) is 3.87. The molecule has 2 unspecified atom stereocenters. The molecule has 1 amide bonds. The number of anilines is 1. The lowest BCUT2D eigenvalue weighted by atomic mass is 9.94. The highest BCUT2D eigenvalue weighted by Crippen LogP contribution is 2.40. The van der Waals surface area contributed by atoms with E-state index >= 15 is 4.39 Å². The predicted octanol–water partition coefficient (Wildman–Crippen LogP) is 2.29. The maximum absolute atomic E-state index is 15.0. The van der Waals surface area contributed by atoms with Gasteiger partial charge in [-0.3, -0.25) is 15.1 Å². The Kier molecular flexibility index (Phi) is 6.85. The summed E-state index contributed by atoms with van der Waals surface area (Å²) in [6.07, 6.45) is 0.164. The van der Waals surface area contributed by atoms with Crippen LogP contribution in [0.1, 0.15) is 17.5 Å². The fraction of sp³-hybridized carbons (Fsp3) is 0.391. The summed E-state index contributed by atoms with van der Waals surface area (Å²) >= 11 is 0. The molecule has 0 bridgehead atoms. The summed E-state index contributed by atoms with van der Waals surface area (Å²) in [6.45, 7) is 1.98. The zero-order chi connectivity index (χ0) is 22.5. The number of ether oxygens (including phenoxy) is 2. The third-order valence-corrected chi connectivity index (χ3v) is 5.49. The number of fused-ring (bicyclic) bond motifs is 3. The molecule has 1 saturated heterocycles. The van der Waals surface area contributed by atoms with Gasteiger partial charge in [-0.05, 0) is 53.9 Å². The van der Waals surface area contributed by atoms with Crippen molar-refractivity contribution in [1.29, 1.82) is 5.26 Å². The molecule has 32 heavy (non-hydrogen) atoms. The molecule has 8 nitrogen and oxygen atoms in total. The maximum Gasteiger partial charge on any atom is 0.251 e. The molecule has 0 saturated carbocycles. The van der Waals surface area contributed by atoms with E-state index in [0.717, 1.165) is 29.8 Å². The van der Waals surface area contributed by atoms with Crippen molar-refractivity contribution in [2.45, 2.75) is 31.6 Å². The van der Waals surface area contributed by atoms with E-state index in [1.807, 2.05) is 24.3 Å². The number of nitrogens with zero attached hydrogens (tertiary/aromatic N) is 1. The number of carbonyl (C=O) groups is 1. The number of carbonyl (C=O) groups excluding carboxylic acids is 1. The number of benzene rings is 2. The highest BCUT2D eigenvalue weighted by Gasteiger charge is 2.25. The Morgan fingerprint density at radius 1 is 1.38 bits per heavy atom. The van der Waals surface area contributed by atoms with Crippen LogP contribution in [0.25, 0.3) is 11.1 Å². The summed E-state index contributed by atoms with van der Waals surface area (Å²) in [7, 11) is 1.52. The van der Waals surface area contributed by atoms with E-state index in [1.54, 1.807) is 6.07 Å². The van der Waals surface area contributed by atoms with Crippen LogP contribution in [0, 0.1) is 17.1 Å². The molecular formula is C23H25FN4O4. The van der Waals surface area contributed by atoms with Crippen LogP contribution in [0.4, 0.5) is 10.1 Å². The largest absolute Gasteiger partial charge is 0.488 e. The number of nitrogens with one attached hydrogen (secondary N) is 3. The Morgan fingerprint density at radius 2 is 2.25 bits per heavy atom. The van der Waals surface area contributed by atoms with Crippen molar-refractivity contribution in [2.75, 3.05) is 32.3 Å². The Hall–Kier alpha value is -3.19. The first-order valence-electron chi connectivity index (χ1n) is 10.5. The molecule has 3 N–H and O–H groups in total. The van der Waals surface area contributed by atoms with Gasteiger partial charge >= 0.3 is 0 Å². The van der Waals surface area contributed by atoms with Gasteiger partial charge in [-0.2, -0.15) is 5.26 Å². The van der Waals surface area contributed by atoms with Crippen molar-refractivity contribution in [3.63, 3.8) is 0 Å². The van der Waals surface area contributed by atoms with Gasteiger partial charge in [0, 0.05) is 25.1 Å². The van der Waals surface area contributed by atoms with Crippen molar-refractivity contribution in [3.8, 4) is 22.9 Å². The first kappa shape index (κ1) is 22.0. The van der Waals surface area contributed by atoms with Crippen LogP contribution >= 0.6 is 0 Å². The highest BCUT2D eigenvalue weighted by molar-refractivity contribution is 5.82. The second-order valence-corrected chi connectivity index (χ2v) is 7.72. The third kappa shape index (κ3) is 4.83. The van der Waals surface area contributed by atoms with Crippen molar-refractivity contribution >= 4 is 11.6 Å². The number of hydrogen-bond donors (Lipinski definition) is 3. The standard InChI is InChI=1S/C23H25FN4O4/c1-30-28-16-4-3-14-13-32-21-8-15(20(24)10-19(21)18(14)9-16)7-17(11-25)27-23(29)22-12-26-5-2-6-31-22/h3-4,8-10,17,22,26,28H,2,5-7,12-13H2,1H3,(H,27,29). The third-order valence-electron chi connectivity index (χ3n) is 5.49. The van der Waals surface area contributed by atoms with Gasteiger partial charge in [0.1, 0.15) is 30.3 Å². The van der Waals surface area contributed by atoms with Gasteiger partial charge in [0.2, 0.25) is 0 Å². The first-order chi connectivity index (χ1) is 15.6. The lowest BCUT2D eigenvalue weighted by Gasteiger charge is -2.23. The average Bonchev–Trinajstić information content (AvgIpc) is 3.09. The monoisotopic (exact) mass is 440 g/mol. The number of halogens is 1. The molecule has 4 rings (SSSR count). The Balaban J connectivity index is 1.52. The Bertz CT molecular complexity index is 1030. The van der Waals surface area contributed by atoms with Crippen LogP contribution in [0.15, 0.2) is 30.3 Å². The Morgan fingerprint density at radius 3 is 3.06 bits per heavy atom. The lowest BCUT2D eigenvalue weighted by molar-refractivity contribution is -0.132. The van der Waals surface area contributed by atoms with Gasteiger partial charge in [0.05, 0.1) is 18.9 Å². The topological polar surface area (TPSA) is 105 Å². The van der Waals surface area contributed by atoms with Crippen LogP contribution in [0.5, 0.6) is 5.75 Å². The van der Waals surface area contributed by atoms with E-state index in [4.69, 9.17) is 14.3 Å². The van der Waals surface area contributed by atoms with Gasteiger partial charge in [0.25, 0.3) is 5.91 Å². The molecule has 2 aromatic carbocycles. The van der Waals surface area contributed by atoms with Crippen molar-refractivity contribution in [2.24, 2.45) is 0 Å². The van der Waals surface area contributed by atoms with Crippen LogP contribution in [-0.2, 0) is 27.4 Å². The molecule has 168 valence electrons. The van der Waals surface area contributed by atoms with Crippen molar-refractivity contribution in [1.82, 2.24) is 10.6 Å². The first-order valence-corrected chi connectivity index (χ1v) is 10.5. The quantitative estimate of drug-likeness (QED) is 0.592. The van der Waals surface area contributed by atoms with Crippen LogP contribution < -0.4 is 20.9 Å². The molecule has 0 aromatic heterocycles. The smallest absolute Gasteiger partial charge is 0.251 e. The number of amides is 1. The molecule has 2 atom stereocenters. The highest BCUT2D eigenvalue weighted by atomic mass is 19.1.